The van der Waals surface area contributed by atoms with E-state index >= 15 is 0 Å². The number of hydrogen-bond donors (Lipinski definition) is 0. The number of allylic oxidation sites excluding steroid dienone is 1. The van der Waals surface area contributed by atoms with Gasteiger partial charge in [-0.05, 0) is 12.8 Å². The minimum absolute atomic E-state index is 1.23. The van der Waals surface area contributed by atoms with Gasteiger partial charge in [-0.25, -0.2) is 0 Å². The normalized spacial score (nSPS) is 11.5. The van der Waals surface area contributed by atoms with Gasteiger partial charge in [0.25, 0.3) is 0 Å². The lowest BCUT2D eigenvalue weighted by Crippen LogP contribution is -1.79. The molecule has 0 nitrogen and oxygen atoms in total. The SMILES string of the molecule is CCCCCCCCCCC=C[SiH3]. The van der Waals surface area contributed by atoms with Gasteiger partial charge in [0.15, 0.2) is 0 Å². The third kappa shape index (κ3) is 12.0. The van der Waals surface area contributed by atoms with E-state index in [-0.39, 0.29) is 0 Å². The first-order valence-electron chi connectivity index (χ1n) is 6.03. The van der Waals surface area contributed by atoms with Gasteiger partial charge in [-0.15, -0.1) is 5.70 Å². The highest BCUT2D eigenvalue weighted by molar-refractivity contribution is 6.16. The topological polar surface area (TPSA) is 0 Å². The fourth-order valence-electron chi connectivity index (χ4n) is 1.56. The maximum absolute atomic E-state index is 2.34. The zero-order chi connectivity index (χ0) is 9.78. The lowest BCUT2D eigenvalue weighted by atomic mass is 10.1. The summed E-state index contributed by atoms with van der Waals surface area (Å²) >= 11 is 0. The van der Waals surface area contributed by atoms with Crippen molar-refractivity contribution in [3.63, 3.8) is 0 Å². The molecule has 0 N–H and O–H groups in total. The predicted octanol–water partition coefficient (Wildman–Crippen LogP) is 3.40. The molecule has 0 unspecified atom stereocenters. The van der Waals surface area contributed by atoms with Crippen molar-refractivity contribution < 1.29 is 0 Å². The molecule has 78 valence electrons. The van der Waals surface area contributed by atoms with Gasteiger partial charge in [0.05, 0.1) is 0 Å². The second-order valence-electron chi connectivity index (χ2n) is 3.83. The summed E-state index contributed by atoms with van der Waals surface area (Å²) in [5, 5.41) is 0. The number of unbranched alkanes of at least 4 members (excludes halogenated alkanes) is 8. The van der Waals surface area contributed by atoms with Gasteiger partial charge < -0.3 is 0 Å². The van der Waals surface area contributed by atoms with Crippen molar-refractivity contribution in [1.29, 1.82) is 0 Å². The maximum Gasteiger partial charge on any atom is 0.0287 e. The standard InChI is InChI=1S/C12H26Si/c1-2-3-4-5-6-7-8-9-10-11-12-13/h11-12H,2-10H2,1,13H3. The molecule has 0 aliphatic rings. The van der Waals surface area contributed by atoms with Gasteiger partial charge in [0.2, 0.25) is 0 Å². The molecular weight excluding hydrogens is 172 g/mol. The van der Waals surface area contributed by atoms with Gasteiger partial charge in [-0.2, -0.15) is 0 Å². The Bertz CT molecular complexity index is 108. The highest BCUT2D eigenvalue weighted by Gasteiger charge is 1.89. The van der Waals surface area contributed by atoms with Crippen LogP contribution < -0.4 is 0 Å². The van der Waals surface area contributed by atoms with E-state index in [0.717, 1.165) is 0 Å². The third-order valence-electron chi connectivity index (χ3n) is 2.46. The molecule has 0 radical (unpaired) electrons. The van der Waals surface area contributed by atoms with Gasteiger partial charge in [0.1, 0.15) is 0 Å². The van der Waals surface area contributed by atoms with E-state index in [4.69, 9.17) is 0 Å². The molecule has 0 heterocycles. The summed E-state index contributed by atoms with van der Waals surface area (Å²) in [5.41, 5.74) is 2.29. The van der Waals surface area contributed by atoms with Gasteiger partial charge in [0, 0.05) is 10.2 Å². The average molecular weight is 198 g/mol. The first kappa shape index (κ1) is 13.0. The smallest absolute Gasteiger partial charge is 0.0287 e. The lowest BCUT2D eigenvalue weighted by Gasteiger charge is -1.99. The van der Waals surface area contributed by atoms with Crippen LogP contribution in [0.15, 0.2) is 11.8 Å². The Kier molecular flexibility index (Phi) is 11.9. The minimum atomic E-state index is 1.23. The largest absolute Gasteiger partial charge is 0.109 e. The zero-order valence-electron chi connectivity index (χ0n) is 9.52. The average Bonchev–Trinajstić information content (AvgIpc) is 2.16. The van der Waals surface area contributed by atoms with Gasteiger partial charge in [-0.1, -0.05) is 57.9 Å². The van der Waals surface area contributed by atoms with E-state index in [0.29, 0.717) is 0 Å². The summed E-state index contributed by atoms with van der Waals surface area (Å²) in [6, 6.07) is 0. The monoisotopic (exact) mass is 198 g/mol. The molecule has 0 saturated carbocycles. The van der Waals surface area contributed by atoms with E-state index in [1.54, 1.807) is 0 Å². The molecule has 0 rings (SSSR count). The van der Waals surface area contributed by atoms with Crippen LogP contribution in [0.1, 0.15) is 64.7 Å². The lowest BCUT2D eigenvalue weighted by molar-refractivity contribution is 0.577. The molecule has 0 aromatic carbocycles. The molecule has 0 aliphatic carbocycles. The molecule has 0 atom stereocenters. The zero-order valence-corrected chi connectivity index (χ0v) is 11.5. The summed E-state index contributed by atoms with van der Waals surface area (Å²) in [6.07, 6.45) is 15.1. The Hall–Kier alpha value is -0.0431. The molecule has 0 bridgehead atoms. The van der Waals surface area contributed by atoms with E-state index < -0.39 is 0 Å². The van der Waals surface area contributed by atoms with Crippen LogP contribution in [0.5, 0.6) is 0 Å². The highest BCUT2D eigenvalue weighted by Crippen LogP contribution is 2.09. The Morgan fingerprint density at radius 3 is 1.92 bits per heavy atom. The van der Waals surface area contributed by atoms with Crippen LogP contribution >= 0.6 is 0 Å². The van der Waals surface area contributed by atoms with Crippen molar-refractivity contribution in [2.45, 2.75) is 64.7 Å². The van der Waals surface area contributed by atoms with Crippen LogP contribution in [0.25, 0.3) is 0 Å². The molecule has 1 heteroatoms. The van der Waals surface area contributed by atoms with Crippen molar-refractivity contribution in [1.82, 2.24) is 0 Å². The van der Waals surface area contributed by atoms with Crippen molar-refractivity contribution in [3.05, 3.63) is 11.8 Å². The van der Waals surface area contributed by atoms with Gasteiger partial charge in [-0.3, -0.25) is 0 Å². The van der Waals surface area contributed by atoms with Crippen molar-refractivity contribution >= 4 is 10.2 Å². The van der Waals surface area contributed by atoms with Gasteiger partial charge >= 0.3 is 0 Å². The second kappa shape index (κ2) is 12.0. The summed E-state index contributed by atoms with van der Waals surface area (Å²) in [7, 11) is 1.23. The van der Waals surface area contributed by atoms with E-state index in [1.165, 1.54) is 68.0 Å². The Labute approximate surface area is 87.2 Å². The quantitative estimate of drug-likeness (QED) is 0.393. The first-order valence-corrected chi connectivity index (χ1v) is 7.18. The molecule has 0 aromatic rings. The van der Waals surface area contributed by atoms with Crippen molar-refractivity contribution in [2.75, 3.05) is 0 Å². The molecule has 0 aliphatic heterocycles. The summed E-state index contributed by atoms with van der Waals surface area (Å²) in [5.74, 6) is 0. The van der Waals surface area contributed by atoms with Crippen LogP contribution in [-0.2, 0) is 0 Å². The second-order valence-corrected chi connectivity index (χ2v) is 4.50. The van der Waals surface area contributed by atoms with E-state index in [9.17, 15) is 0 Å². The third-order valence-corrected chi connectivity index (χ3v) is 2.93. The van der Waals surface area contributed by atoms with Crippen LogP contribution in [0.2, 0.25) is 0 Å². The van der Waals surface area contributed by atoms with Crippen LogP contribution in [-0.4, -0.2) is 10.2 Å². The number of rotatable bonds is 9. The molecule has 0 spiro atoms. The first-order chi connectivity index (χ1) is 6.41. The fourth-order valence-corrected chi connectivity index (χ4v) is 1.90. The van der Waals surface area contributed by atoms with Crippen molar-refractivity contribution in [3.8, 4) is 0 Å². The van der Waals surface area contributed by atoms with Crippen molar-refractivity contribution in [2.24, 2.45) is 0 Å². The molecule has 0 fully saturated rings. The fraction of sp³-hybridized carbons (Fsp3) is 0.833. The van der Waals surface area contributed by atoms with Crippen LogP contribution in [0.3, 0.4) is 0 Å². The van der Waals surface area contributed by atoms with Crippen LogP contribution in [0.4, 0.5) is 0 Å². The minimum Gasteiger partial charge on any atom is -0.109 e. The summed E-state index contributed by atoms with van der Waals surface area (Å²) in [4.78, 5) is 0. The predicted molar refractivity (Wildman–Crippen MR) is 66.3 cm³/mol. The maximum atomic E-state index is 2.34. The highest BCUT2D eigenvalue weighted by atomic mass is 28.1. The number of hydrogen-bond acceptors (Lipinski definition) is 0. The Morgan fingerprint density at radius 2 is 1.38 bits per heavy atom. The van der Waals surface area contributed by atoms with E-state index in [2.05, 4.69) is 18.7 Å². The van der Waals surface area contributed by atoms with Crippen LogP contribution in [0, 0.1) is 0 Å². The Balaban J connectivity index is 2.83. The molecule has 0 amide bonds. The Morgan fingerprint density at radius 1 is 0.846 bits per heavy atom. The summed E-state index contributed by atoms with van der Waals surface area (Å²) in [6.45, 7) is 2.28. The summed E-state index contributed by atoms with van der Waals surface area (Å²) < 4.78 is 0. The molecule has 0 saturated heterocycles. The van der Waals surface area contributed by atoms with E-state index in [1.807, 2.05) is 0 Å². The molecule has 0 aromatic heterocycles. The molecular formula is C12H26Si. The molecule has 13 heavy (non-hydrogen) atoms.